The van der Waals surface area contributed by atoms with E-state index >= 15 is 0 Å². The van der Waals surface area contributed by atoms with Gasteiger partial charge in [-0.25, -0.2) is 13.4 Å². The second-order valence-electron chi connectivity index (χ2n) is 5.69. The summed E-state index contributed by atoms with van der Waals surface area (Å²) in [6.07, 6.45) is 1.69. The Morgan fingerprint density at radius 1 is 1.43 bits per heavy atom. The van der Waals surface area contributed by atoms with Crippen LogP contribution in [0.3, 0.4) is 0 Å². The molecule has 116 valence electrons. The minimum absolute atomic E-state index is 0.0720. The number of fused-ring (bicyclic) bond motifs is 1. The lowest BCUT2D eigenvalue weighted by Gasteiger charge is -2.22. The summed E-state index contributed by atoms with van der Waals surface area (Å²) in [6, 6.07) is 0.215. The van der Waals surface area contributed by atoms with Gasteiger partial charge in [-0.3, -0.25) is 4.40 Å². The van der Waals surface area contributed by atoms with Crippen LogP contribution in [0.4, 0.5) is 5.82 Å². The highest BCUT2D eigenvalue weighted by molar-refractivity contribution is 7.89. The summed E-state index contributed by atoms with van der Waals surface area (Å²) in [5.74, 6) is 0.352. The predicted molar refractivity (Wildman–Crippen MR) is 82.9 cm³/mol. The van der Waals surface area contributed by atoms with Gasteiger partial charge in [-0.1, -0.05) is 6.92 Å². The molecule has 2 aromatic rings. The highest BCUT2D eigenvalue weighted by Crippen LogP contribution is 2.30. The van der Waals surface area contributed by atoms with Crippen molar-refractivity contribution in [3.63, 3.8) is 0 Å². The molecule has 2 N–H and O–H groups in total. The molecule has 1 aliphatic heterocycles. The molecule has 2 aromatic heterocycles. The Morgan fingerprint density at radius 3 is 2.76 bits per heavy atom. The van der Waals surface area contributed by atoms with Crippen molar-refractivity contribution in [1.29, 1.82) is 0 Å². The summed E-state index contributed by atoms with van der Waals surface area (Å²) in [5, 5.41) is 1.89. The number of likely N-dealkylation sites (N-methyl/N-ethyl adjacent to an activating group) is 1. The number of nitrogens with zero attached hydrogens (tertiary/aromatic N) is 4. The van der Waals surface area contributed by atoms with E-state index in [0.717, 1.165) is 0 Å². The van der Waals surface area contributed by atoms with Crippen LogP contribution in [0.15, 0.2) is 16.6 Å². The molecular weight excluding hydrogens is 310 g/mol. The van der Waals surface area contributed by atoms with Crippen molar-refractivity contribution in [3.05, 3.63) is 11.6 Å². The number of nitrogen functional groups attached to an aromatic ring is 1. The van der Waals surface area contributed by atoms with Gasteiger partial charge in [0, 0.05) is 30.7 Å². The van der Waals surface area contributed by atoms with Gasteiger partial charge in [0.25, 0.3) is 10.0 Å². The fourth-order valence-electron chi connectivity index (χ4n) is 2.93. The summed E-state index contributed by atoms with van der Waals surface area (Å²) in [5.41, 5.74) is 5.84. The molecule has 1 fully saturated rings. The Labute approximate surface area is 128 Å². The second kappa shape index (κ2) is 4.94. The number of rotatable bonds is 3. The molecule has 9 heteroatoms. The number of thiazole rings is 1. The highest BCUT2D eigenvalue weighted by atomic mass is 32.2. The Kier molecular flexibility index (Phi) is 3.47. The molecule has 3 rings (SSSR count). The molecular formula is C12H19N5O2S2. The van der Waals surface area contributed by atoms with Crippen LogP contribution in [0.2, 0.25) is 0 Å². The Balaban J connectivity index is 2.02. The molecule has 1 aliphatic rings. The Bertz CT molecular complexity index is 764. The number of imidazole rings is 1. The topological polar surface area (TPSA) is 83.9 Å². The number of aromatic nitrogens is 2. The zero-order valence-electron chi connectivity index (χ0n) is 12.2. The predicted octanol–water partition coefficient (Wildman–Crippen LogP) is 0.549. The summed E-state index contributed by atoms with van der Waals surface area (Å²) >= 11 is 1.37. The van der Waals surface area contributed by atoms with E-state index in [4.69, 9.17) is 5.73 Å². The van der Waals surface area contributed by atoms with Crippen LogP contribution in [-0.2, 0) is 10.0 Å². The number of anilines is 1. The van der Waals surface area contributed by atoms with E-state index < -0.39 is 10.0 Å². The molecule has 0 amide bonds. The zero-order valence-corrected chi connectivity index (χ0v) is 13.9. The minimum atomic E-state index is -3.63. The van der Waals surface area contributed by atoms with Crippen LogP contribution >= 0.6 is 11.3 Å². The maximum Gasteiger partial charge on any atom is 0.262 e. The first-order chi connectivity index (χ1) is 9.82. The molecule has 1 saturated heterocycles. The van der Waals surface area contributed by atoms with Crippen molar-refractivity contribution in [3.8, 4) is 0 Å². The summed E-state index contributed by atoms with van der Waals surface area (Å²) in [4.78, 5) is 6.80. The van der Waals surface area contributed by atoms with Crippen molar-refractivity contribution in [2.75, 3.05) is 32.9 Å². The number of sulfonamides is 1. The molecule has 0 bridgehead atoms. The lowest BCUT2D eigenvalue weighted by atomic mass is 10.1. The van der Waals surface area contributed by atoms with Crippen LogP contribution < -0.4 is 5.73 Å². The average Bonchev–Trinajstić information content (AvgIpc) is 3.02. The molecule has 2 unspecified atom stereocenters. The molecule has 0 radical (unpaired) electrons. The van der Waals surface area contributed by atoms with Gasteiger partial charge in [-0.2, -0.15) is 4.31 Å². The largest absolute Gasteiger partial charge is 0.381 e. The van der Waals surface area contributed by atoms with Crippen molar-refractivity contribution < 1.29 is 8.42 Å². The van der Waals surface area contributed by atoms with Gasteiger partial charge in [0.15, 0.2) is 15.8 Å². The first-order valence-electron chi connectivity index (χ1n) is 6.70. The molecule has 0 aliphatic carbocycles. The van der Waals surface area contributed by atoms with Crippen LogP contribution in [-0.4, -0.2) is 60.2 Å². The molecule has 0 saturated carbocycles. The Hall–Kier alpha value is -1.16. The SMILES string of the molecule is CC1CN(S(=O)(=O)c2c(N)nc3sccn23)CC1N(C)C. The molecule has 0 aromatic carbocycles. The normalized spacial score (nSPS) is 24.4. The van der Waals surface area contributed by atoms with Crippen LogP contribution in [0, 0.1) is 5.92 Å². The first-order valence-corrected chi connectivity index (χ1v) is 9.02. The van der Waals surface area contributed by atoms with Gasteiger partial charge in [-0.15, -0.1) is 11.3 Å². The third-order valence-corrected chi connectivity index (χ3v) is 6.66. The fraction of sp³-hybridized carbons (Fsp3) is 0.583. The van der Waals surface area contributed by atoms with Gasteiger partial charge in [-0.05, 0) is 20.0 Å². The van der Waals surface area contributed by atoms with Gasteiger partial charge in [0.2, 0.25) is 0 Å². The molecule has 2 atom stereocenters. The van der Waals surface area contributed by atoms with Gasteiger partial charge < -0.3 is 10.6 Å². The lowest BCUT2D eigenvalue weighted by molar-refractivity contribution is 0.263. The number of nitrogens with two attached hydrogens (primary N) is 1. The van der Waals surface area contributed by atoms with Crippen molar-refractivity contribution >= 4 is 32.1 Å². The zero-order chi connectivity index (χ0) is 15.4. The van der Waals surface area contributed by atoms with E-state index in [1.807, 2.05) is 14.1 Å². The Morgan fingerprint density at radius 2 is 2.14 bits per heavy atom. The third-order valence-electron chi connectivity index (χ3n) is 4.03. The fourth-order valence-corrected chi connectivity index (χ4v) is 5.44. The first kappa shape index (κ1) is 14.8. The van der Waals surface area contributed by atoms with E-state index in [1.54, 1.807) is 16.0 Å². The van der Waals surface area contributed by atoms with Crippen molar-refractivity contribution in [2.24, 2.45) is 5.92 Å². The quantitative estimate of drug-likeness (QED) is 0.889. The molecule has 21 heavy (non-hydrogen) atoms. The maximum atomic E-state index is 12.9. The average molecular weight is 329 g/mol. The van der Waals surface area contributed by atoms with E-state index in [0.29, 0.717) is 18.1 Å². The van der Waals surface area contributed by atoms with Crippen molar-refractivity contribution in [2.45, 2.75) is 18.0 Å². The van der Waals surface area contributed by atoms with E-state index in [1.165, 1.54) is 15.6 Å². The highest BCUT2D eigenvalue weighted by Gasteiger charge is 2.40. The van der Waals surface area contributed by atoms with Crippen LogP contribution in [0.5, 0.6) is 0 Å². The lowest BCUT2D eigenvalue weighted by Crippen LogP contribution is -2.36. The van der Waals surface area contributed by atoms with E-state index in [-0.39, 0.29) is 22.8 Å². The summed E-state index contributed by atoms with van der Waals surface area (Å²) < 4.78 is 28.9. The van der Waals surface area contributed by atoms with Gasteiger partial charge in [0.05, 0.1) is 0 Å². The van der Waals surface area contributed by atoms with Crippen LogP contribution in [0.25, 0.3) is 4.96 Å². The smallest absolute Gasteiger partial charge is 0.262 e. The number of hydrogen-bond donors (Lipinski definition) is 1. The second-order valence-corrected chi connectivity index (χ2v) is 8.41. The minimum Gasteiger partial charge on any atom is -0.381 e. The maximum absolute atomic E-state index is 12.9. The molecule has 7 nitrogen and oxygen atoms in total. The summed E-state index contributed by atoms with van der Waals surface area (Å²) in [6.45, 7) is 3.05. The van der Waals surface area contributed by atoms with Crippen LogP contribution in [0.1, 0.15) is 6.92 Å². The standard InChI is InChI=1S/C12H19N5O2S2/c1-8-6-16(7-9(8)15(2)3)21(18,19)11-10(13)14-12-17(11)4-5-20-12/h4-5,8-9H,6-7,13H2,1-3H3. The number of hydrogen-bond acceptors (Lipinski definition) is 6. The monoisotopic (exact) mass is 329 g/mol. The third kappa shape index (κ3) is 2.24. The van der Waals surface area contributed by atoms with Crippen molar-refractivity contribution in [1.82, 2.24) is 18.6 Å². The molecule has 0 spiro atoms. The molecule has 3 heterocycles. The van der Waals surface area contributed by atoms with E-state index in [9.17, 15) is 8.42 Å². The van der Waals surface area contributed by atoms with Gasteiger partial charge in [0.1, 0.15) is 0 Å². The van der Waals surface area contributed by atoms with E-state index in [2.05, 4.69) is 16.8 Å². The summed E-state index contributed by atoms with van der Waals surface area (Å²) in [7, 11) is 0.314. The van der Waals surface area contributed by atoms with Gasteiger partial charge >= 0.3 is 0 Å².